The predicted molar refractivity (Wildman–Crippen MR) is 146 cm³/mol. The summed E-state index contributed by atoms with van der Waals surface area (Å²) in [6, 6.07) is 11.7. The van der Waals surface area contributed by atoms with Crippen LogP contribution in [0, 0.1) is 3.57 Å². The number of halogens is 3. The molecule has 0 unspecified atom stereocenters. The summed E-state index contributed by atoms with van der Waals surface area (Å²) in [7, 11) is 0. The fourth-order valence-corrected chi connectivity index (χ4v) is 5.17. The third kappa shape index (κ3) is 7.45. The Balaban J connectivity index is 1.23. The maximum absolute atomic E-state index is 12.6. The first-order valence-corrected chi connectivity index (χ1v) is 13.6. The Bertz CT molecular complexity index is 979. The van der Waals surface area contributed by atoms with Crippen molar-refractivity contribution in [1.82, 2.24) is 20.4 Å². The molecule has 0 spiro atoms. The van der Waals surface area contributed by atoms with Crippen LogP contribution >= 0.6 is 45.8 Å². The fourth-order valence-electron chi connectivity index (χ4n) is 4.38. The van der Waals surface area contributed by atoms with Gasteiger partial charge in [0.2, 0.25) is 0 Å². The Kier molecular flexibility index (Phi) is 9.73. The molecular weight excluding hydrogens is 586 g/mol. The first-order valence-electron chi connectivity index (χ1n) is 11.8. The molecule has 4 rings (SSSR count). The van der Waals surface area contributed by atoms with Crippen LogP contribution in [0.2, 0.25) is 10.0 Å². The molecule has 1 amide bonds. The van der Waals surface area contributed by atoms with Crippen molar-refractivity contribution in [2.24, 2.45) is 0 Å². The highest BCUT2D eigenvalue weighted by Crippen LogP contribution is 2.25. The zero-order valence-electron chi connectivity index (χ0n) is 19.2. The number of carbonyl (C=O) groups is 1. The van der Waals surface area contributed by atoms with Gasteiger partial charge in [-0.15, -0.1) is 0 Å². The summed E-state index contributed by atoms with van der Waals surface area (Å²) in [5.41, 5.74) is 1.80. The standard InChI is InChI=1S/C25H31Cl2IN4O2/c26-21-3-2-19(16-22(21)27)25(33)30-20-5-9-32(10-6-20)17-18-1-4-23(28)24(15-18)34-14-13-31-11-7-29-8-12-31/h1-4,15-16,20,29H,5-14,17H2,(H,30,33). The Hall–Kier alpha value is -1.10. The van der Waals surface area contributed by atoms with Gasteiger partial charge < -0.3 is 15.4 Å². The van der Waals surface area contributed by atoms with Gasteiger partial charge >= 0.3 is 0 Å². The minimum atomic E-state index is -0.0998. The zero-order chi connectivity index (χ0) is 23.9. The number of piperidine rings is 1. The lowest BCUT2D eigenvalue weighted by Crippen LogP contribution is -2.44. The first kappa shape index (κ1) is 26.0. The molecule has 2 fully saturated rings. The summed E-state index contributed by atoms with van der Waals surface area (Å²) in [5, 5.41) is 7.37. The molecule has 2 heterocycles. The van der Waals surface area contributed by atoms with Crippen LogP contribution in [0.5, 0.6) is 5.75 Å². The highest BCUT2D eigenvalue weighted by molar-refractivity contribution is 14.1. The molecule has 2 aromatic rings. The molecule has 2 saturated heterocycles. The van der Waals surface area contributed by atoms with E-state index >= 15 is 0 Å². The van der Waals surface area contributed by atoms with Gasteiger partial charge in [-0.25, -0.2) is 0 Å². The maximum Gasteiger partial charge on any atom is 0.251 e. The topological polar surface area (TPSA) is 56.8 Å². The second kappa shape index (κ2) is 12.7. The van der Waals surface area contributed by atoms with E-state index in [0.29, 0.717) is 22.2 Å². The molecule has 0 radical (unpaired) electrons. The second-order valence-corrected chi connectivity index (χ2v) is 10.8. The van der Waals surface area contributed by atoms with E-state index in [0.717, 1.165) is 74.5 Å². The average Bonchev–Trinajstić information content (AvgIpc) is 2.84. The van der Waals surface area contributed by atoms with Gasteiger partial charge in [-0.3, -0.25) is 14.6 Å². The molecular formula is C25H31Cl2IN4O2. The van der Waals surface area contributed by atoms with Gasteiger partial charge in [0.25, 0.3) is 5.91 Å². The van der Waals surface area contributed by atoms with Crippen molar-refractivity contribution in [3.8, 4) is 5.75 Å². The quantitative estimate of drug-likeness (QED) is 0.434. The largest absolute Gasteiger partial charge is 0.491 e. The summed E-state index contributed by atoms with van der Waals surface area (Å²) >= 11 is 14.3. The molecule has 34 heavy (non-hydrogen) atoms. The maximum atomic E-state index is 12.6. The number of ether oxygens (including phenoxy) is 1. The third-order valence-corrected chi connectivity index (χ3v) is 8.01. The van der Waals surface area contributed by atoms with E-state index < -0.39 is 0 Å². The van der Waals surface area contributed by atoms with E-state index in [9.17, 15) is 4.79 Å². The minimum absolute atomic E-state index is 0.0998. The van der Waals surface area contributed by atoms with Gasteiger partial charge in [0.15, 0.2) is 0 Å². The Morgan fingerprint density at radius 1 is 1.03 bits per heavy atom. The van der Waals surface area contributed by atoms with Crippen molar-refractivity contribution in [2.45, 2.75) is 25.4 Å². The number of hydrogen-bond acceptors (Lipinski definition) is 5. The highest BCUT2D eigenvalue weighted by atomic mass is 127. The molecule has 0 aromatic heterocycles. The molecule has 0 atom stereocenters. The molecule has 0 aliphatic carbocycles. The Morgan fingerprint density at radius 2 is 1.79 bits per heavy atom. The molecule has 2 N–H and O–H groups in total. The summed E-state index contributed by atoms with van der Waals surface area (Å²) in [6.07, 6.45) is 1.84. The number of likely N-dealkylation sites (tertiary alicyclic amines) is 1. The van der Waals surface area contributed by atoms with Crippen LogP contribution in [0.15, 0.2) is 36.4 Å². The Morgan fingerprint density at radius 3 is 2.53 bits per heavy atom. The molecule has 184 valence electrons. The van der Waals surface area contributed by atoms with Gasteiger partial charge in [-0.1, -0.05) is 29.3 Å². The highest BCUT2D eigenvalue weighted by Gasteiger charge is 2.22. The number of benzene rings is 2. The van der Waals surface area contributed by atoms with E-state index in [1.807, 2.05) is 0 Å². The number of nitrogens with one attached hydrogen (secondary N) is 2. The van der Waals surface area contributed by atoms with Crippen LogP contribution in [0.3, 0.4) is 0 Å². The number of amides is 1. The number of hydrogen-bond donors (Lipinski definition) is 2. The van der Waals surface area contributed by atoms with Crippen LogP contribution in [0.25, 0.3) is 0 Å². The van der Waals surface area contributed by atoms with E-state index in [4.69, 9.17) is 27.9 Å². The minimum Gasteiger partial charge on any atom is -0.491 e. The smallest absolute Gasteiger partial charge is 0.251 e. The van der Waals surface area contributed by atoms with Crippen LogP contribution in [-0.4, -0.2) is 74.2 Å². The van der Waals surface area contributed by atoms with Crippen molar-refractivity contribution in [3.05, 3.63) is 61.1 Å². The average molecular weight is 617 g/mol. The van der Waals surface area contributed by atoms with Gasteiger partial charge in [-0.05, 0) is 71.3 Å². The lowest BCUT2D eigenvalue weighted by atomic mass is 10.0. The SMILES string of the molecule is O=C(NC1CCN(Cc2ccc(I)c(OCCN3CCNCC3)c2)CC1)c1ccc(Cl)c(Cl)c1. The molecule has 9 heteroatoms. The number of nitrogens with zero attached hydrogens (tertiary/aromatic N) is 2. The predicted octanol–water partition coefficient (Wildman–Crippen LogP) is 4.28. The monoisotopic (exact) mass is 616 g/mol. The number of carbonyl (C=O) groups excluding carboxylic acids is 1. The van der Waals surface area contributed by atoms with Crippen molar-refractivity contribution >= 4 is 51.7 Å². The summed E-state index contributed by atoms with van der Waals surface area (Å²) in [6.45, 7) is 8.74. The number of piperazine rings is 1. The van der Waals surface area contributed by atoms with Crippen molar-refractivity contribution in [1.29, 1.82) is 0 Å². The van der Waals surface area contributed by atoms with E-state index in [1.165, 1.54) is 5.56 Å². The van der Waals surface area contributed by atoms with Gasteiger partial charge in [-0.2, -0.15) is 0 Å². The molecule has 0 saturated carbocycles. The normalized spacial score (nSPS) is 18.1. The Labute approximate surface area is 225 Å². The van der Waals surface area contributed by atoms with Crippen LogP contribution in [-0.2, 0) is 6.54 Å². The van der Waals surface area contributed by atoms with Crippen molar-refractivity contribution < 1.29 is 9.53 Å². The lowest BCUT2D eigenvalue weighted by molar-refractivity contribution is 0.0909. The summed E-state index contributed by atoms with van der Waals surface area (Å²) in [5.74, 6) is 0.870. The molecule has 0 bridgehead atoms. The van der Waals surface area contributed by atoms with E-state index in [2.05, 4.69) is 61.2 Å². The van der Waals surface area contributed by atoms with Crippen molar-refractivity contribution in [2.75, 3.05) is 52.4 Å². The van der Waals surface area contributed by atoms with Crippen LogP contribution in [0.1, 0.15) is 28.8 Å². The van der Waals surface area contributed by atoms with Gasteiger partial charge in [0.05, 0.1) is 13.6 Å². The summed E-state index contributed by atoms with van der Waals surface area (Å²) < 4.78 is 7.28. The molecule has 2 aliphatic rings. The first-order chi connectivity index (χ1) is 16.5. The summed E-state index contributed by atoms with van der Waals surface area (Å²) in [4.78, 5) is 17.4. The molecule has 2 aromatic carbocycles. The zero-order valence-corrected chi connectivity index (χ0v) is 22.8. The van der Waals surface area contributed by atoms with Gasteiger partial charge in [0.1, 0.15) is 12.4 Å². The van der Waals surface area contributed by atoms with Crippen LogP contribution in [0.4, 0.5) is 0 Å². The van der Waals surface area contributed by atoms with E-state index in [-0.39, 0.29) is 11.9 Å². The van der Waals surface area contributed by atoms with Crippen LogP contribution < -0.4 is 15.4 Å². The second-order valence-electron chi connectivity index (χ2n) is 8.86. The number of rotatable bonds is 8. The molecule has 6 nitrogen and oxygen atoms in total. The van der Waals surface area contributed by atoms with Crippen molar-refractivity contribution in [3.63, 3.8) is 0 Å². The third-order valence-electron chi connectivity index (χ3n) is 6.38. The molecule has 2 aliphatic heterocycles. The fraction of sp³-hybridized carbons (Fsp3) is 0.480. The lowest BCUT2D eigenvalue weighted by Gasteiger charge is -2.32. The van der Waals surface area contributed by atoms with E-state index in [1.54, 1.807) is 18.2 Å². The van der Waals surface area contributed by atoms with Gasteiger partial charge in [0, 0.05) is 64.0 Å².